The number of hydrogen-bond donors (Lipinski definition) is 2. The third-order valence-corrected chi connectivity index (χ3v) is 2.34. The summed E-state index contributed by atoms with van der Waals surface area (Å²) in [5.74, 6) is -0.244. The highest BCUT2D eigenvalue weighted by molar-refractivity contribution is 5.89. The van der Waals surface area contributed by atoms with Crippen molar-refractivity contribution in [1.29, 1.82) is 0 Å². The molecule has 0 saturated carbocycles. The Morgan fingerprint density at radius 2 is 1.81 bits per heavy atom. The summed E-state index contributed by atoms with van der Waals surface area (Å²) in [6.45, 7) is 7.43. The van der Waals surface area contributed by atoms with Crippen LogP contribution >= 0.6 is 0 Å². The van der Waals surface area contributed by atoms with E-state index in [2.05, 4.69) is 10.6 Å². The van der Waals surface area contributed by atoms with Crippen LogP contribution in [0.4, 0.5) is 0 Å². The topological polar surface area (TPSA) is 61.4 Å². The van der Waals surface area contributed by atoms with Crippen LogP contribution in [0.2, 0.25) is 0 Å². The molecular formula is C11H23N3O2. The predicted molar refractivity (Wildman–Crippen MR) is 64.1 cm³/mol. The highest BCUT2D eigenvalue weighted by atomic mass is 16.2. The minimum absolute atomic E-state index is 0.0854. The maximum Gasteiger partial charge on any atom is 0.242 e. The van der Waals surface area contributed by atoms with Gasteiger partial charge in [-0.25, -0.2) is 0 Å². The molecular weight excluding hydrogens is 206 g/mol. The second-order valence-electron chi connectivity index (χ2n) is 4.76. The molecule has 5 nitrogen and oxygen atoms in total. The zero-order valence-electron chi connectivity index (χ0n) is 11.0. The fraction of sp³-hybridized carbons (Fsp3) is 0.818. The summed E-state index contributed by atoms with van der Waals surface area (Å²) in [4.78, 5) is 24.8. The molecule has 0 aromatic rings. The van der Waals surface area contributed by atoms with E-state index in [9.17, 15) is 9.59 Å². The Hall–Kier alpha value is -1.10. The van der Waals surface area contributed by atoms with Gasteiger partial charge in [-0.05, 0) is 34.7 Å². The van der Waals surface area contributed by atoms with Crippen molar-refractivity contribution in [3.63, 3.8) is 0 Å². The van der Waals surface area contributed by atoms with Crippen LogP contribution in [0.15, 0.2) is 0 Å². The quantitative estimate of drug-likeness (QED) is 0.696. The maximum absolute atomic E-state index is 11.9. The number of nitrogens with zero attached hydrogens (tertiary/aromatic N) is 1. The van der Waals surface area contributed by atoms with Gasteiger partial charge in [0.2, 0.25) is 11.8 Å². The van der Waals surface area contributed by atoms with Gasteiger partial charge in [0.05, 0.1) is 12.1 Å². The van der Waals surface area contributed by atoms with Crippen LogP contribution in [0, 0.1) is 0 Å². The highest BCUT2D eigenvalue weighted by Gasteiger charge is 2.29. The Labute approximate surface area is 97.6 Å². The van der Waals surface area contributed by atoms with Gasteiger partial charge in [0.25, 0.3) is 0 Å². The lowest BCUT2D eigenvalue weighted by Gasteiger charge is -2.28. The van der Waals surface area contributed by atoms with Gasteiger partial charge in [-0.2, -0.15) is 0 Å². The summed E-state index contributed by atoms with van der Waals surface area (Å²) in [5, 5.41) is 5.66. The Morgan fingerprint density at radius 1 is 1.31 bits per heavy atom. The number of nitrogens with one attached hydrogen (secondary N) is 2. The summed E-state index contributed by atoms with van der Waals surface area (Å²) in [7, 11) is 3.35. The Morgan fingerprint density at radius 3 is 2.19 bits per heavy atom. The van der Waals surface area contributed by atoms with E-state index in [0.29, 0.717) is 0 Å². The lowest BCUT2D eigenvalue weighted by molar-refractivity contribution is -0.139. The third kappa shape index (κ3) is 4.61. The molecule has 0 radical (unpaired) electrons. The first-order valence-electron chi connectivity index (χ1n) is 5.44. The summed E-state index contributed by atoms with van der Waals surface area (Å²) in [6, 6.07) is 0.0910. The minimum atomic E-state index is -0.646. The van der Waals surface area contributed by atoms with Gasteiger partial charge in [0.15, 0.2) is 0 Å². The fourth-order valence-electron chi connectivity index (χ4n) is 1.24. The van der Waals surface area contributed by atoms with Crippen molar-refractivity contribution in [1.82, 2.24) is 15.5 Å². The molecule has 0 rings (SSSR count). The van der Waals surface area contributed by atoms with Crippen molar-refractivity contribution in [2.75, 3.05) is 20.6 Å². The lowest BCUT2D eigenvalue weighted by atomic mass is 10.0. The molecule has 0 fully saturated rings. The molecule has 94 valence electrons. The van der Waals surface area contributed by atoms with Gasteiger partial charge >= 0.3 is 0 Å². The summed E-state index contributed by atoms with van der Waals surface area (Å²) < 4.78 is 0. The van der Waals surface area contributed by atoms with Gasteiger partial charge in [0.1, 0.15) is 0 Å². The molecule has 0 aliphatic rings. The second-order valence-corrected chi connectivity index (χ2v) is 4.76. The van der Waals surface area contributed by atoms with Crippen LogP contribution in [0.1, 0.15) is 27.7 Å². The van der Waals surface area contributed by atoms with Gasteiger partial charge in [0, 0.05) is 13.1 Å². The molecule has 0 heterocycles. The van der Waals surface area contributed by atoms with Crippen molar-refractivity contribution >= 4 is 11.8 Å². The molecule has 16 heavy (non-hydrogen) atoms. The fourth-order valence-corrected chi connectivity index (χ4v) is 1.24. The number of carbonyl (C=O) groups excluding carboxylic acids is 2. The Balaban J connectivity index is 4.31. The molecule has 2 N–H and O–H groups in total. The molecule has 0 atom stereocenters. The van der Waals surface area contributed by atoms with Crippen molar-refractivity contribution in [2.24, 2.45) is 0 Å². The number of likely N-dealkylation sites (N-methyl/N-ethyl adjacent to an activating group) is 2. The largest absolute Gasteiger partial charge is 0.352 e. The number of rotatable bonds is 5. The van der Waals surface area contributed by atoms with Crippen LogP contribution in [0.5, 0.6) is 0 Å². The van der Waals surface area contributed by atoms with Crippen molar-refractivity contribution in [2.45, 2.75) is 39.3 Å². The van der Waals surface area contributed by atoms with E-state index < -0.39 is 5.54 Å². The zero-order valence-corrected chi connectivity index (χ0v) is 11.0. The summed E-state index contributed by atoms with van der Waals surface area (Å²) in [6.07, 6.45) is 0. The normalized spacial score (nSPS) is 11.4. The number of hydrogen-bond acceptors (Lipinski definition) is 3. The highest BCUT2D eigenvalue weighted by Crippen LogP contribution is 2.05. The molecule has 2 amide bonds. The average Bonchev–Trinajstić information content (AvgIpc) is 2.14. The Bertz CT molecular complexity index is 262. The van der Waals surface area contributed by atoms with Crippen LogP contribution in [0.25, 0.3) is 0 Å². The smallest absolute Gasteiger partial charge is 0.242 e. The molecule has 0 aliphatic carbocycles. The molecule has 0 spiro atoms. The zero-order chi connectivity index (χ0) is 12.9. The number of amides is 2. The molecule has 0 saturated heterocycles. The van der Waals surface area contributed by atoms with E-state index >= 15 is 0 Å². The van der Waals surface area contributed by atoms with Crippen LogP contribution < -0.4 is 10.6 Å². The monoisotopic (exact) mass is 229 g/mol. The predicted octanol–water partition coefficient (Wildman–Crippen LogP) is -0.0326. The first-order chi connectivity index (χ1) is 7.20. The van der Waals surface area contributed by atoms with Crippen LogP contribution in [-0.2, 0) is 9.59 Å². The van der Waals surface area contributed by atoms with E-state index in [4.69, 9.17) is 0 Å². The maximum atomic E-state index is 11.9. The van der Waals surface area contributed by atoms with E-state index in [1.165, 1.54) is 4.90 Å². The van der Waals surface area contributed by atoms with E-state index in [-0.39, 0.29) is 24.4 Å². The van der Waals surface area contributed by atoms with Gasteiger partial charge < -0.3 is 15.5 Å². The number of carbonyl (C=O) groups is 2. The molecule has 0 aliphatic heterocycles. The van der Waals surface area contributed by atoms with Crippen LogP contribution in [0.3, 0.4) is 0 Å². The first kappa shape index (κ1) is 14.9. The average molecular weight is 229 g/mol. The standard InChI is InChI=1S/C11H23N3O2/c1-8(2)13-9(15)7-14(6)10(16)11(3,4)12-5/h8,12H,7H2,1-6H3,(H,13,15). The van der Waals surface area contributed by atoms with Gasteiger partial charge in [-0.3, -0.25) is 9.59 Å². The van der Waals surface area contributed by atoms with E-state index in [1.54, 1.807) is 27.9 Å². The van der Waals surface area contributed by atoms with Crippen molar-refractivity contribution in [3.05, 3.63) is 0 Å². The molecule has 0 unspecified atom stereocenters. The molecule has 0 aromatic carbocycles. The first-order valence-corrected chi connectivity index (χ1v) is 5.44. The van der Waals surface area contributed by atoms with Crippen molar-refractivity contribution < 1.29 is 9.59 Å². The molecule has 0 bridgehead atoms. The second kappa shape index (κ2) is 5.84. The molecule has 5 heteroatoms. The van der Waals surface area contributed by atoms with Gasteiger partial charge in [-0.15, -0.1) is 0 Å². The van der Waals surface area contributed by atoms with E-state index in [0.717, 1.165) is 0 Å². The van der Waals surface area contributed by atoms with Gasteiger partial charge in [-0.1, -0.05) is 0 Å². The van der Waals surface area contributed by atoms with Crippen molar-refractivity contribution in [3.8, 4) is 0 Å². The summed E-state index contributed by atoms with van der Waals surface area (Å²) >= 11 is 0. The summed E-state index contributed by atoms with van der Waals surface area (Å²) in [5.41, 5.74) is -0.646. The third-order valence-electron chi connectivity index (χ3n) is 2.34. The minimum Gasteiger partial charge on any atom is -0.352 e. The van der Waals surface area contributed by atoms with E-state index in [1.807, 2.05) is 13.8 Å². The molecule has 0 aromatic heterocycles. The SMILES string of the molecule is CNC(C)(C)C(=O)N(C)CC(=O)NC(C)C. The van der Waals surface area contributed by atoms with Crippen LogP contribution in [-0.4, -0.2) is 48.9 Å². The lowest BCUT2D eigenvalue weighted by Crippen LogP contribution is -2.53. The Kier molecular flexibility index (Phi) is 5.44.